The number of hydrazone groups is 1. The molecule has 0 spiro atoms. The van der Waals surface area contributed by atoms with Gasteiger partial charge in [-0.15, -0.1) is 0 Å². The van der Waals surface area contributed by atoms with Crippen molar-refractivity contribution in [1.82, 2.24) is 9.97 Å². The second kappa shape index (κ2) is 2.96. The van der Waals surface area contributed by atoms with Crippen molar-refractivity contribution in [2.24, 2.45) is 16.7 Å². The Balaban J connectivity index is 3.06. The van der Waals surface area contributed by atoms with E-state index in [1.807, 2.05) is 6.92 Å². The van der Waals surface area contributed by atoms with Crippen LogP contribution in [0.3, 0.4) is 0 Å². The van der Waals surface area contributed by atoms with Crippen molar-refractivity contribution in [1.29, 1.82) is 0 Å². The van der Waals surface area contributed by atoms with E-state index in [9.17, 15) is 0 Å². The van der Waals surface area contributed by atoms with E-state index in [-0.39, 0.29) is 5.84 Å². The summed E-state index contributed by atoms with van der Waals surface area (Å²) in [6.45, 7) is 1.84. The molecule has 0 radical (unpaired) electrons. The second-order valence-electron chi connectivity index (χ2n) is 2.04. The maximum absolute atomic E-state index is 5.36. The van der Waals surface area contributed by atoms with Crippen LogP contribution in [0.2, 0.25) is 0 Å². The SMILES string of the molecule is Cc1ccnc(/C(N)=N/N)n1. The van der Waals surface area contributed by atoms with Gasteiger partial charge in [0.1, 0.15) is 0 Å². The molecule has 0 fully saturated rings. The minimum absolute atomic E-state index is 0.147. The number of nitrogens with two attached hydrogens (primary N) is 2. The highest BCUT2D eigenvalue weighted by Gasteiger charge is 1.99. The molecule has 1 heterocycles. The van der Waals surface area contributed by atoms with Crippen LogP contribution >= 0.6 is 0 Å². The Labute approximate surface area is 64.1 Å². The first-order valence-electron chi connectivity index (χ1n) is 3.07. The Kier molecular flexibility index (Phi) is 2.00. The third-order valence-electron chi connectivity index (χ3n) is 1.16. The van der Waals surface area contributed by atoms with E-state index in [4.69, 9.17) is 11.6 Å². The molecule has 58 valence electrons. The summed E-state index contributed by atoms with van der Waals surface area (Å²) in [4.78, 5) is 7.86. The highest BCUT2D eigenvalue weighted by atomic mass is 15.2. The maximum Gasteiger partial charge on any atom is 0.197 e. The lowest BCUT2D eigenvalue weighted by atomic mass is 10.4. The summed E-state index contributed by atoms with van der Waals surface area (Å²) >= 11 is 0. The van der Waals surface area contributed by atoms with E-state index in [2.05, 4.69) is 15.1 Å². The number of rotatable bonds is 1. The first kappa shape index (κ1) is 7.46. The Morgan fingerprint density at radius 1 is 1.64 bits per heavy atom. The lowest BCUT2D eigenvalue weighted by Crippen LogP contribution is -2.19. The molecule has 0 aliphatic carbocycles. The fourth-order valence-electron chi connectivity index (χ4n) is 0.630. The summed E-state index contributed by atoms with van der Waals surface area (Å²) in [5.74, 6) is 5.45. The van der Waals surface area contributed by atoms with Crippen LogP contribution < -0.4 is 11.6 Å². The van der Waals surface area contributed by atoms with E-state index < -0.39 is 0 Å². The monoisotopic (exact) mass is 151 g/mol. The van der Waals surface area contributed by atoms with Gasteiger partial charge in [0, 0.05) is 11.9 Å². The van der Waals surface area contributed by atoms with Gasteiger partial charge in [-0.2, -0.15) is 5.10 Å². The second-order valence-corrected chi connectivity index (χ2v) is 2.04. The Hall–Kier alpha value is -1.65. The zero-order chi connectivity index (χ0) is 8.27. The molecule has 5 heteroatoms. The molecular formula is C6H9N5. The van der Waals surface area contributed by atoms with Crippen LogP contribution in [0.5, 0.6) is 0 Å². The summed E-state index contributed by atoms with van der Waals surface area (Å²) in [6, 6.07) is 1.77. The summed E-state index contributed by atoms with van der Waals surface area (Å²) in [5, 5.41) is 3.27. The summed E-state index contributed by atoms with van der Waals surface area (Å²) in [6.07, 6.45) is 1.61. The van der Waals surface area contributed by atoms with Crippen molar-refractivity contribution in [3.8, 4) is 0 Å². The van der Waals surface area contributed by atoms with Crippen LogP contribution in [-0.2, 0) is 0 Å². The van der Waals surface area contributed by atoms with Gasteiger partial charge >= 0.3 is 0 Å². The Morgan fingerprint density at radius 2 is 2.36 bits per heavy atom. The Morgan fingerprint density at radius 3 is 2.91 bits per heavy atom. The van der Waals surface area contributed by atoms with Gasteiger partial charge in [-0.1, -0.05) is 0 Å². The van der Waals surface area contributed by atoms with Gasteiger partial charge in [-0.3, -0.25) is 0 Å². The average Bonchev–Trinajstić information content (AvgIpc) is 2.03. The predicted molar refractivity (Wildman–Crippen MR) is 41.7 cm³/mol. The molecule has 0 saturated heterocycles. The summed E-state index contributed by atoms with van der Waals surface area (Å²) in [7, 11) is 0. The molecule has 1 aromatic rings. The number of amidine groups is 1. The number of aromatic nitrogens is 2. The molecule has 0 saturated carbocycles. The van der Waals surface area contributed by atoms with Crippen molar-refractivity contribution < 1.29 is 0 Å². The minimum Gasteiger partial charge on any atom is -0.379 e. The molecule has 0 aromatic carbocycles. The molecule has 5 nitrogen and oxygen atoms in total. The standard InChI is InChI=1S/C6H9N5/c1-4-2-3-9-6(10-4)5(7)11-8/h2-3H,8H2,1H3,(H2,7,11). The lowest BCUT2D eigenvalue weighted by Gasteiger charge is -1.96. The molecule has 1 aromatic heterocycles. The molecular weight excluding hydrogens is 142 g/mol. The molecule has 1 rings (SSSR count). The first-order chi connectivity index (χ1) is 5.24. The minimum atomic E-state index is 0.147. The molecule has 4 N–H and O–H groups in total. The van der Waals surface area contributed by atoms with E-state index in [0.29, 0.717) is 5.82 Å². The number of nitrogens with zero attached hydrogens (tertiary/aromatic N) is 3. The smallest absolute Gasteiger partial charge is 0.197 e. The molecule has 0 aliphatic heterocycles. The third kappa shape index (κ3) is 1.64. The molecule has 0 unspecified atom stereocenters. The van der Waals surface area contributed by atoms with E-state index in [1.54, 1.807) is 12.3 Å². The van der Waals surface area contributed by atoms with E-state index in [1.165, 1.54) is 0 Å². The Bertz CT molecular complexity index is 280. The van der Waals surface area contributed by atoms with E-state index in [0.717, 1.165) is 5.69 Å². The van der Waals surface area contributed by atoms with Crippen LogP contribution in [0.25, 0.3) is 0 Å². The lowest BCUT2D eigenvalue weighted by molar-refractivity contribution is 1.06. The van der Waals surface area contributed by atoms with Crippen LogP contribution in [0, 0.1) is 6.92 Å². The highest BCUT2D eigenvalue weighted by Crippen LogP contribution is 1.91. The van der Waals surface area contributed by atoms with Gasteiger partial charge in [0.2, 0.25) is 0 Å². The van der Waals surface area contributed by atoms with E-state index >= 15 is 0 Å². The first-order valence-corrected chi connectivity index (χ1v) is 3.07. The number of hydrogen-bond donors (Lipinski definition) is 2. The molecule has 0 amide bonds. The van der Waals surface area contributed by atoms with Crippen LogP contribution in [0.15, 0.2) is 17.4 Å². The quantitative estimate of drug-likeness (QED) is 0.242. The molecule has 11 heavy (non-hydrogen) atoms. The van der Waals surface area contributed by atoms with Crippen LogP contribution in [0.1, 0.15) is 11.5 Å². The highest BCUT2D eigenvalue weighted by molar-refractivity contribution is 5.93. The zero-order valence-corrected chi connectivity index (χ0v) is 6.15. The van der Waals surface area contributed by atoms with Gasteiger partial charge in [0.15, 0.2) is 11.7 Å². The van der Waals surface area contributed by atoms with Crippen molar-refractivity contribution in [3.63, 3.8) is 0 Å². The van der Waals surface area contributed by atoms with Crippen molar-refractivity contribution in [2.75, 3.05) is 0 Å². The van der Waals surface area contributed by atoms with Gasteiger partial charge in [0.25, 0.3) is 0 Å². The van der Waals surface area contributed by atoms with Crippen molar-refractivity contribution in [2.45, 2.75) is 6.92 Å². The largest absolute Gasteiger partial charge is 0.379 e. The molecule has 0 bridgehead atoms. The maximum atomic E-state index is 5.36. The number of aryl methyl sites for hydroxylation is 1. The zero-order valence-electron chi connectivity index (χ0n) is 6.15. The summed E-state index contributed by atoms with van der Waals surface area (Å²) in [5.41, 5.74) is 6.20. The predicted octanol–water partition coefficient (Wildman–Crippen LogP) is -0.636. The van der Waals surface area contributed by atoms with Gasteiger partial charge < -0.3 is 11.6 Å². The van der Waals surface area contributed by atoms with Crippen LogP contribution in [0.4, 0.5) is 0 Å². The van der Waals surface area contributed by atoms with Crippen molar-refractivity contribution >= 4 is 5.84 Å². The average molecular weight is 151 g/mol. The third-order valence-corrected chi connectivity index (χ3v) is 1.16. The number of hydrogen-bond acceptors (Lipinski definition) is 4. The molecule has 0 atom stereocenters. The van der Waals surface area contributed by atoms with Crippen molar-refractivity contribution in [3.05, 3.63) is 23.8 Å². The molecule has 0 aliphatic rings. The van der Waals surface area contributed by atoms with Gasteiger partial charge in [0.05, 0.1) is 0 Å². The fraction of sp³-hybridized carbons (Fsp3) is 0.167. The van der Waals surface area contributed by atoms with Gasteiger partial charge in [-0.05, 0) is 13.0 Å². The van der Waals surface area contributed by atoms with Crippen LogP contribution in [-0.4, -0.2) is 15.8 Å². The fourth-order valence-corrected chi connectivity index (χ4v) is 0.630. The topological polar surface area (TPSA) is 90.2 Å². The summed E-state index contributed by atoms with van der Waals surface area (Å²) < 4.78 is 0. The van der Waals surface area contributed by atoms with Gasteiger partial charge in [-0.25, -0.2) is 9.97 Å². The normalized spacial score (nSPS) is 11.5.